The number of carbonyl (C=O) groups is 1. The lowest BCUT2D eigenvalue weighted by Gasteiger charge is -2.37. The van der Waals surface area contributed by atoms with Crippen LogP contribution < -0.4 is 10.1 Å². The molecule has 1 amide bonds. The van der Waals surface area contributed by atoms with Crippen LogP contribution in [0, 0.1) is 6.92 Å². The van der Waals surface area contributed by atoms with E-state index in [9.17, 15) is 4.79 Å². The summed E-state index contributed by atoms with van der Waals surface area (Å²) in [6, 6.07) is 16.5. The van der Waals surface area contributed by atoms with E-state index in [1.165, 1.54) is 31.2 Å². The monoisotopic (exact) mass is 381 g/mol. The molecule has 0 unspecified atom stereocenters. The minimum atomic E-state index is 0.0922. The van der Waals surface area contributed by atoms with Crippen molar-refractivity contribution in [1.82, 2.24) is 0 Å². The molecule has 2 aromatic carbocycles. The first-order chi connectivity index (χ1) is 13.6. The number of likely N-dealkylation sites (tertiary alicyclic amines) is 1. The van der Waals surface area contributed by atoms with Crippen molar-refractivity contribution < 1.29 is 14.0 Å². The van der Waals surface area contributed by atoms with Crippen molar-refractivity contribution in [2.75, 3.05) is 31.6 Å². The van der Waals surface area contributed by atoms with Crippen LogP contribution in [0.15, 0.2) is 48.5 Å². The van der Waals surface area contributed by atoms with E-state index in [0.29, 0.717) is 13.2 Å². The van der Waals surface area contributed by atoms with Gasteiger partial charge in [0.1, 0.15) is 12.3 Å². The molecule has 0 aliphatic carbocycles. The second kappa shape index (κ2) is 9.74. The zero-order valence-corrected chi connectivity index (χ0v) is 17.2. The van der Waals surface area contributed by atoms with Crippen molar-refractivity contribution in [2.45, 2.75) is 46.1 Å². The lowest BCUT2D eigenvalue weighted by Crippen LogP contribution is -2.52. The molecular formula is C24H33N2O2+. The molecule has 150 valence electrons. The van der Waals surface area contributed by atoms with E-state index in [0.717, 1.165) is 41.1 Å². The average molecular weight is 382 g/mol. The largest absolute Gasteiger partial charge is 0.494 e. The van der Waals surface area contributed by atoms with Crippen LogP contribution in [-0.2, 0) is 11.3 Å². The minimum Gasteiger partial charge on any atom is -0.494 e. The lowest BCUT2D eigenvalue weighted by molar-refractivity contribution is -0.932. The summed E-state index contributed by atoms with van der Waals surface area (Å²) in [5.74, 6) is 0.890. The molecule has 1 saturated heterocycles. The van der Waals surface area contributed by atoms with Gasteiger partial charge in [0.25, 0.3) is 5.91 Å². The molecule has 1 heterocycles. The van der Waals surface area contributed by atoms with Crippen molar-refractivity contribution in [1.29, 1.82) is 0 Å². The van der Waals surface area contributed by atoms with Gasteiger partial charge >= 0.3 is 0 Å². The van der Waals surface area contributed by atoms with Crippen LogP contribution in [0.5, 0.6) is 5.75 Å². The van der Waals surface area contributed by atoms with Gasteiger partial charge in [0.05, 0.1) is 19.7 Å². The molecular weight excluding hydrogens is 348 g/mol. The Bertz CT molecular complexity index is 765. The van der Waals surface area contributed by atoms with Crippen molar-refractivity contribution in [3.63, 3.8) is 0 Å². The number of hydrogen-bond donors (Lipinski definition) is 1. The van der Waals surface area contributed by atoms with Gasteiger partial charge in [-0.3, -0.25) is 4.79 Å². The van der Waals surface area contributed by atoms with Gasteiger partial charge in [0.2, 0.25) is 0 Å². The summed E-state index contributed by atoms with van der Waals surface area (Å²) in [5.41, 5.74) is 3.22. The Balaban J connectivity index is 1.75. The van der Waals surface area contributed by atoms with E-state index in [-0.39, 0.29) is 5.91 Å². The third-order valence-electron chi connectivity index (χ3n) is 5.65. The molecule has 1 aliphatic rings. The molecule has 0 radical (unpaired) electrons. The zero-order valence-electron chi connectivity index (χ0n) is 17.2. The number of anilines is 1. The number of hydrogen-bond acceptors (Lipinski definition) is 2. The van der Waals surface area contributed by atoms with Crippen molar-refractivity contribution in [3.05, 3.63) is 59.7 Å². The third kappa shape index (κ3) is 5.59. The molecule has 2 aromatic rings. The van der Waals surface area contributed by atoms with Gasteiger partial charge in [-0.05, 0) is 51.2 Å². The fourth-order valence-electron chi connectivity index (χ4n) is 4.19. The van der Waals surface area contributed by atoms with Crippen LogP contribution in [-0.4, -0.2) is 36.6 Å². The summed E-state index contributed by atoms with van der Waals surface area (Å²) in [4.78, 5) is 13.0. The molecule has 0 aromatic heterocycles. The highest BCUT2D eigenvalue weighted by Gasteiger charge is 2.32. The summed E-state index contributed by atoms with van der Waals surface area (Å²) in [5, 5.41) is 3.15. The molecule has 1 aliphatic heterocycles. The van der Waals surface area contributed by atoms with Crippen LogP contribution in [0.2, 0.25) is 0 Å². The smallest absolute Gasteiger partial charge is 0.279 e. The van der Waals surface area contributed by atoms with E-state index in [2.05, 4.69) is 35.6 Å². The Morgan fingerprint density at radius 1 is 1.04 bits per heavy atom. The van der Waals surface area contributed by atoms with Gasteiger partial charge in [-0.15, -0.1) is 0 Å². The molecule has 1 N–H and O–H groups in total. The normalized spacial score (nSPS) is 16.2. The number of nitrogens with zero attached hydrogens (tertiary/aromatic N) is 1. The molecule has 3 rings (SSSR count). The first-order valence-corrected chi connectivity index (χ1v) is 10.5. The van der Waals surface area contributed by atoms with Gasteiger partial charge in [-0.1, -0.05) is 36.4 Å². The number of amides is 1. The van der Waals surface area contributed by atoms with Gasteiger partial charge in [0, 0.05) is 17.3 Å². The van der Waals surface area contributed by atoms with E-state index in [1.807, 2.05) is 32.0 Å². The molecule has 1 fully saturated rings. The average Bonchev–Trinajstić information content (AvgIpc) is 2.91. The minimum absolute atomic E-state index is 0.0922. The highest BCUT2D eigenvalue weighted by molar-refractivity contribution is 5.92. The number of carbonyl (C=O) groups excluding carboxylic acids is 1. The van der Waals surface area contributed by atoms with Crippen LogP contribution in [0.4, 0.5) is 5.69 Å². The van der Waals surface area contributed by atoms with Crippen molar-refractivity contribution in [2.24, 2.45) is 0 Å². The Labute approximate surface area is 169 Å². The maximum absolute atomic E-state index is 13.0. The molecule has 4 heteroatoms. The van der Waals surface area contributed by atoms with E-state index in [1.54, 1.807) is 0 Å². The summed E-state index contributed by atoms with van der Waals surface area (Å²) in [6.45, 7) is 8.19. The van der Waals surface area contributed by atoms with Gasteiger partial charge in [-0.2, -0.15) is 0 Å². The fourth-order valence-corrected chi connectivity index (χ4v) is 4.19. The summed E-state index contributed by atoms with van der Waals surface area (Å²) in [7, 11) is 0. The van der Waals surface area contributed by atoms with Crippen LogP contribution >= 0.6 is 0 Å². The lowest BCUT2D eigenvalue weighted by atomic mass is 10.1. The highest BCUT2D eigenvalue weighted by Crippen LogP contribution is 2.25. The predicted molar refractivity (Wildman–Crippen MR) is 114 cm³/mol. The topological polar surface area (TPSA) is 38.3 Å². The van der Waals surface area contributed by atoms with Gasteiger partial charge in [0.15, 0.2) is 6.54 Å². The van der Waals surface area contributed by atoms with Crippen LogP contribution in [0.25, 0.3) is 0 Å². The SMILES string of the molecule is CCOc1ccc(C)c(NC(=O)C[N+]2(Cc3ccccc3)CCCCCC2)c1. The van der Waals surface area contributed by atoms with Crippen molar-refractivity contribution >= 4 is 11.6 Å². The molecule has 0 atom stereocenters. The van der Waals surface area contributed by atoms with E-state index in [4.69, 9.17) is 4.74 Å². The Hall–Kier alpha value is -2.33. The maximum atomic E-state index is 13.0. The molecule has 28 heavy (non-hydrogen) atoms. The number of ether oxygens (including phenoxy) is 1. The summed E-state index contributed by atoms with van der Waals surface area (Å²) >= 11 is 0. The molecule has 0 bridgehead atoms. The first-order valence-electron chi connectivity index (χ1n) is 10.5. The van der Waals surface area contributed by atoms with Gasteiger partial charge < -0.3 is 14.5 Å². The number of aryl methyl sites for hydroxylation is 1. The van der Waals surface area contributed by atoms with Gasteiger partial charge in [-0.25, -0.2) is 0 Å². The number of quaternary nitrogens is 1. The quantitative estimate of drug-likeness (QED) is 0.691. The van der Waals surface area contributed by atoms with Crippen LogP contribution in [0.3, 0.4) is 0 Å². The third-order valence-corrected chi connectivity index (χ3v) is 5.65. The van der Waals surface area contributed by atoms with E-state index >= 15 is 0 Å². The van der Waals surface area contributed by atoms with Crippen LogP contribution in [0.1, 0.15) is 43.7 Å². The highest BCUT2D eigenvalue weighted by atomic mass is 16.5. The molecule has 0 spiro atoms. The molecule has 0 saturated carbocycles. The predicted octanol–water partition coefficient (Wildman–Crippen LogP) is 4.92. The Kier molecular flexibility index (Phi) is 7.10. The standard InChI is InChI=1S/C24H32N2O2/c1-3-28-22-14-13-20(2)23(17-22)25-24(27)19-26(15-9-4-5-10-16-26)18-21-11-7-6-8-12-21/h6-8,11-14,17H,3-5,9-10,15-16,18-19H2,1-2H3/p+1. The fraction of sp³-hybridized carbons (Fsp3) is 0.458. The second-order valence-electron chi connectivity index (χ2n) is 7.96. The zero-order chi connectivity index (χ0) is 19.8. The number of nitrogens with one attached hydrogen (secondary N) is 1. The maximum Gasteiger partial charge on any atom is 0.279 e. The molecule has 4 nitrogen and oxygen atoms in total. The van der Waals surface area contributed by atoms with E-state index < -0.39 is 0 Å². The second-order valence-corrected chi connectivity index (χ2v) is 7.96. The first kappa shape index (κ1) is 20.4. The summed E-state index contributed by atoms with van der Waals surface area (Å²) in [6.07, 6.45) is 4.93. The Morgan fingerprint density at radius 2 is 1.75 bits per heavy atom. The number of benzene rings is 2. The summed E-state index contributed by atoms with van der Waals surface area (Å²) < 4.78 is 6.44. The Morgan fingerprint density at radius 3 is 2.43 bits per heavy atom. The van der Waals surface area contributed by atoms with Crippen molar-refractivity contribution in [3.8, 4) is 5.75 Å². The number of rotatable bonds is 7.